The van der Waals surface area contributed by atoms with Crippen molar-refractivity contribution in [3.63, 3.8) is 0 Å². The van der Waals surface area contributed by atoms with Gasteiger partial charge in [-0.3, -0.25) is 4.79 Å². The summed E-state index contributed by atoms with van der Waals surface area (Å²) in [5.74, 6) is 7.79. The van der Waals surface area contributed by atoms with Crippen LogP contribution in [-0.2, 0) is 4.79 Å². The van der Waals surface area contributed by atoms with Gasteiger partial charge in [-0.25, -0.2) is 0 Å². The van der Waals surface area contributed by atoms with Gasteiger partial charge in [-0.15, -0.1) is 0 Å². The van der Waals surface area contributed by atoms with E-state index in [4.69, 9.17) is 14.2 Å². The van der Waals surface area contributed by atoms with Crippen molar-refractivity contribution in [2.75, 3.05) is 19.9 Å². The zero-order chi connectivity index (χ0) is 19.9. The maximum atomic E-state index is 11.9. The van der Waals surface area contributed by atoms with Crippen LogP contribution in [-0.4, -0.2) is 25.9 Å². The van der Waals surface area contributed by atoms with Crippen LogP contribution in [0.25, 0.3) is 16.8 Å². The molecule has 3 aromatic carbocycles. The Hall–Kier alpha value is -3.91. The number of hydrogen-bond acceptors (Lipinski definition) is 4. The van der Waals surface area contributed by atoms with Gasteiger partial charge in [-0.1, -0.05) is 54.3 Å². The molecule has 0 aliphatic carbocycles. The highest BCUT2D eigenvalue weighted by Crippen LogP contribution is 2.32. The number of hydrogen-bond donors (Lipinski definition) is 1. The predicted molar refractivity (Wildman–Crippen MR) is 112 cm³/mol. The van der Waals surface area contributed by atoms with Crippen LogP contribution in [0.2, 0.25) is 0 Å². The molecule has 0 radical (unpaired) electrons. The molecule has 0 bridgehead atoms. The molecule has 1 aliphatic rings. The fraction of sp³-hybridized carbons (Fsp3) is 0.125. The highest BCUT2D eigenvalue weighted by molar-refractivity contribution is 5.92. The summed E-state index contributed by atoms with van der Waals surface area (Å²) in [6.45, 7) is 0.742. The van der Waals surface area contributed by atoms with Gasteiger partial charge < -0.3 is 19.5 Å². The average molecular weight is 385 g/mol. The highest BCUT2D eigenvalue weighted by atomic mass is 16.7. The molecule has 5 nitrogen and oxygen atoms in total. The van der Waals surface area contributed by atoms with E-state index >= 15 is 0 Å². The van der Waals surface area contributed by atoms with Gasteiger partial charge >= 0.3 is 0 Å². The summed E-state index contributed by atoms with van der Waals surface area (Å²) in [6, 6.07) is 19.5. The fourth-order valence-electron chi connectivity index (χ4n) is 2.93. The molecule has 0 saturated heterocycles. The number of nitrogens with one attached hydrogen (secondary N) is 1. The van der Waals surface area contributed by atoms with Gasteiger partial charge in [0.05, 0.1) is 6.54 Å². The Labute approximate surface area is 168 Å². The quantitative estimate of drug-likeness (QED) is 0.536. The molecule has 3 aromatic rings. The van der Waals surface area contributed by atoms with E-state index in [0.29, 0.717) is 11.5 Å². The Morgan fingerprint density at radius 2 is 1.90 bits per heavy atom. The van der Waals surface area contributed by atoms with E-state index in [9.17, 15) is 4.79 Å². The maximum Gasteiger partial charge on any atom is 0.244 e. The summed E-state index contributed by atoms with van der Waals surface area (Å²) in [6.07, 6.45) is 3.18. The van der Waals surface area contributed by atoms with E-state index in [1.807, 2.05) is 60.7 Å². The van der Waals surface area contributed by atoms with Crippen molar-refractivity contribution in [2.45, 2.75) is 0 Å². The average Bonchev–Trinajstić information content (AvgIpc) is 3.22. The molecule has 0 fully saturated rings. The van der Waals surface area contributed by atoms with Crippen LogP contribution in [0.3, 0.4) is 0 Å². The number of carbonyl (C=O) groups excluding carboxylic acids is 1. The normalized spacial score (nSPS) is 11.9. The molecule has 29 heavy (non-hydrogen) atoms. The summed E-state index contributed by atoms with van der Waals surface area (Å²) in [7, 11) is 0. The summed E-state index contributed by atoms with van der Waals surface area (Å²) in [4.78, 5) is 11.9. The Bertz CT molecular complexity index is 1120. The summed E-state index contributed by atoms with van der Waals surface area (Å²) >= 11 is 0. The van der Waals surface area contributed by atoms with E-state index in [1.54, 1.807) is 6.08 Å². The number of carbonyl (C=O) groups is 1. The third-order valence-electron chi connectivity index (χ3n) is 4.35. The van der Waals surface area contributed by atoms with Gasteiger partial charge in [-0.05, 0) is 35.2 Å². The SMILES string of the molecule is O=C(/C=C/c1ccc2c(c1)OCO2)NCC#CCOc1cccc2ccccc12. The Kier molecular flexibility index (Phi) is 5.63. The smallest absolute Gasteiger partial charge is 0.244 e. The van der Waals surface area contributed by atoms with Gasteiger partial charge in [-0.2, -0.15) is 0 Å². The van der Waals surface area contributed by atoms with E-state index in [0.717, 1.165) is 22.1 Å². The largest absolute Gasteiger partial charge is 0.480 e. The first kappa shape index (κ1) is 18.5. The van der Waals surface area contributed by atoms with Gasteiger partial charge in [0.25, 0.3) is 0 Å². The van der Waals surface area contributed by atoms with Crippen LogP contribution in [0, 0.1) is 11.8 Å². The molecule has 0 aromatic heterocycles. The standard InChI is InChI=1S/C24H19NO4/c26-24(13-11-18-10-12-22-23(16-18)29-17-28-22)25-14-3-4-15-27-21-9-5-7-19-6-1-2-8-20(19)21/h1-2,5-13,16H,14-15,17H2,(H,25,26)/b13-11+. The lowest BCUT2D eigenvalue weighted by molar-refractivity contribution is -0.116. The third kappa shape index (κ3) is 4.69. The molecule has 0 atom stereocenters. The van der Waals surface area contributed by atoms with E-state index < -0.39 is 0 Å². The van der Waals surface area contributed by atoms with Crippen LogP contribution in [0.1, 0.15) is 5.56 Å². The molecule has 4 rings (SSSR count). The van der Waals surface area contributed by atoms with Crippen molar-refractivity contribution in [2.24, 2.45) is 0 Å². The monoisotopic (exact) mass is 385 g/mol. The third-order valence-corrected chi connectivity index (χ3v) is 4.35. The van der Waals surface area contributed by atoms with Crippen LogP contribution in [0.15, 0.2) is 66.7 Å². The fourth-order valence-corrected chi connectivity index (χ4v) is 2.93. The molecular weight excluding hydrogens is 366 g/mol. The van der Waals surface area contributed by atoms with Gasteiger partial charge in [0.1, 0.15) is 12.4 Å². The van der Waals surface area contributed by atoms with Gasteiger partial charge in [0, 0.05) is 11.5 Å². The second kappa shape index (κ2) is 8.85. The number of rotatable bonds is 5. The molecule has 5 heteroatoms. The van der Waals surface area contributed by atoms with Crippen LogP contribution in [0.4, 0.5) is 0 Å². The lowest BCUT2D eigenvalue weighted by Gasteiger charge is -2.06. The Morgan fingerprint density at radius 3 is 2.86 bits per heavy atom. The number of ether oxygens (including phenoxy) is 3. The number of benzene rings is 3. The molecule has 144 valence electrons. The molecule has 1 heterocycles. The van der Waals surface area contributed by atoms with Crippen molar-refractivity contribution in [3.8, 4) is 29.1 Å². The molecule has 0 saturated carbocycles. The zero-order valence-corrected chi connectivity index (χ0v) is 15.7. The zero-order valence-electron chi connectivity index (χ0n) is 15.7. The van der Waals surface area contributed by atoms with Crippen molar-refractivity contribution in [3.05, 3.63) is 72.3 Å². The van der Waals surface area contributed by atoms with E-state index in [2.05, 4.69) is 17.2 Å². The van der Waals surface area contributed by atoms with Crippen LogP contribution in [0.5, 0.6) is 17.2 Å². The maximum absolute atomic E-state index is 11.9. The van der Waals surface area contributed by atoms with Crippen molar-refractivity contribution in [1.29, 1.82) is 0 Å². The van der Waals surface area contributed by atoms with Crippen LogP contribution < -0.4 is 19.5 Å². The molecular formula is C24H19NO4. The second-order valence-corrected chi connectivity index (χ2v) is 6.28. The summed E-state index contributed by atoms with van der Waals surface area (Å²) in [5.41, 5.74) is 0.860. The molecule has 0 unspecified atom stereocenters. The first-order valence-electron chi connectivity index (χ1n) is 9.21. The van der Waals surface area contributed by atoms with E-state index in [-0.39, 0.29) is 25.9 Å². The molecule has 1 aliphatic heterocycles. The molecule has 1 N–H and O–H groups in total. The first-order valence-corrected chi connectivity index (χ1v) is 9.21. The van der Waals surface area contributed by atoms with Crippen molar-refractivity contribution >= 4 is 22.8 Å². The first-order chi connectivity index (χ1) is 14.3. The number of fused-ring (bicyclic) bond motifs is 2. The highest BCUT2D eigenvalue weighted by Gasteiger charge is 2.12. The van der Waals surface area contributed by atoms with Crippen LogP contribution >= 0.6 is 0 Å². The van der Waals surface area contributed by atoms with Crippen molar-refractivity contribution in [1.82, 2.24) is 5.32 Å². The van der Waals surface area contributed by atoms with Crippen molar-refractivity contribution < 1.29 is 19.0 Å². The number of amides is 1. The lowest BCUT2D eigenvalue weighted by Crippen LogP contribution is -2.21. The molecule has 1 amide bonds. The van der Waals surface area contributed by atoms with Gasteiger partial charge in [0.2, 0.25) is 12.7 Å². The topological polar surface area (TPSA) is 56.8 Å². The molecule has 0 spiro atoms. The summed E-state index contributed by atoms with van der Waals surface area (Å²) < 4.78 is 16.3. The minimum absolute atomic E-state index is 0.216. The summed E-state index contributed by atoms with van der Waals surface area (Å²) in [5, 5.41) is 4.90. The second-order valence-electron chi connectivity index (χ2n) is 6.28. The minimum atomic E-state index is -0.216. The Morgan fingerprint density at radius 1 is 1.03 bits per heavy atom. The Balaban J connectivity index is 1.23. The predicted octanol–water partition coefficient (Wildman–Crippen LogP) is 3.78. The van der Waals surface area contributed by atoms with Gasteiger partial charge in [0.15, 0.2) is 11.5 Å². The minimum Gasteiger partial charge on any atom is -0.480 e. The van der Waals surface area contributed by atoms with E-state index in [1.165, 1.54) is 6.08 Å². The lowest BCUT2D eigenvalue weighted by atomic mass is 10.1.